The summed E-state index contributed by atoms with van der Waals surface area (Å²) in [6, 6.07) is 6.70. The van der Waals surface area contributed by atoms with Crippen LogP contribution in [0.25, 0.3) is 0 Å². The molecule has 0 unspecified atom stereocenters. The molecule has 1 aromatic heterocycles. The molecule has 1 aliphatic heterocycles. The summed E-state index contributed by atoms with van der Waals surface area (Å²) in [5.74, 6) is -1.74. The van der Waals surface area contributed by atoms with Crippen LogP contribution in [-0.4, -0.2) is 42.7 Å². The van der Waals surface area contributed by atoms with Gasteiger partial charge in [-0.2, -0.15) is 11.3 Å². The van der Waals surface area contributed by atoms with E-state index in [1.807, 2.05) is 0 Å². The van der Waals surface area contributed by atoms with Crippen LogP contribution in [0.3, 0.4) is 0 Å². The molecule has 1 saturated heterocycles. The summed E-state index contributed by atoms with van der Waals surface area (Å²) in [5, 5.41) is 9.19. The number of piperidine rings is 1. The lowest BCUT2D eigenvalue weighted by Gasteiger charge is -2.31. The van der Waals surface area contributed by atoms with E-state index >= 15 is 0 Å². The Morgan fingerprint density at radius 1 is 1.10 bits per heavy atom. The smallest absolute Gasteiger partial charge is 0.406 e. The second-order valence-corrected chi connectivity index (χ2v) is 7.87. The summed E-state index contributed by atoms with van der Waals surface area (Å²) in [5.41, 5.74) is 1.51. The van der Waals surface area contributed by atoms with Gasteiger partial charge in [0.2, 0.25) is 0 Å². The molecule has 1 fully saturated rings. The van der Waals surface area contributed by atoms with Crippen LogP contribution in [0.1, 0.15) is 18.4 Å². The van der Waals surface area contributed by atoms with Crippen LogP contribution < -0.4 is 15.4 Å². The molecular formula is C20H22F3N3O3S. The predicted octanol–water partition coefficient (Wildman–Crippen LogP) is 3.61. The number of benzene rings is 1. The Bertz CT molecular complexity index is 833. The van der Waals surface area contributed by atoms with Gasteiger partial charge in [-0.25, -0.2) is 0 Å². The Kier molecular flexibility index (Phi) is 7.33. The topological polar surface area (TPSA) is 70.7 Å². The first-order chi connectivity index (χ1) is 14.3. The molecule has 0 radical (unpaired) electrons. The molecule has 10 heteroatoms. The van der Waals surface area contributed by atoms with Gasteiger partial charge in [-0.1, -0.05) is 0 Å². The highest BCUT2D eigenvalue weighted by Gasteiger charge is 2.31. The fourth-order valence-corrected chi connectivity index (χ4v) is 3.89. The fraction of sp³-hybridized carbons (Fsp3) is 0.400. The number of ether oxygens (including phenoxy) is 1. The summed E-state index contributed by atoms with van der Waals surface area (Å²) < 4.78 is 40.2. The van der Waals surface area contributed by atoms with E-state index < -0.39 is 23.9 Å². The van der Waals surface area contributed by atoms with Gasteiger partial charge in [-0.3, -0.25) is 14.5 Å². The number of rotatable bonds is 6. The maximum Gasteiger partial charge on any atom is 0.573 e. The zero-order valence-corrected chi connectivity index (χ0v) is 16.9. The van der Waals surface area contributed by atoms with Crippen molar-refractivity contribution < 1.29 is 27.5 Å². The summed E-state index contributed by atoms with van der Waals surface area (Å²) in [6.45, 7) is 3.22. The first-order valence-corrected chi connectivity index (χ1v) is 10.4. The van der Waals surface area contributed by atoms with Crippen molar-refractivity contribution in [1.29, 1.82) is 0 Å². The molecule has 2 heterocycles. The first kappa shape index (κ1) is 22.1. The minimum Gasteiger partial charge on any atom is -0.406 e. The zero-order valence-electron chi connectivity index (χ0n) is 16.1. The Hall–Kier alpha value is -2.59. The van der Waals surface area contributed by atoms with Gasteiger partial charge in [-0.05, 0) is 78.5 Å². The van der Waals surface area contributed by atoms with Crippen LogP contribution in [0.5, 0.6) is 5.75 Å². The number of carbonyl (C=O) groups is 2. The number of thiophene rings is 1. The molecule has 0 bridgehead atoms. The summed E-state index contributed by atoms with van der Waals surface area (Å²) in [4.78, 5) is 26.4. The molecular weight excluding hydrogens is 419 g/mol. The normalized spacial score (nSPS) is 15.6. The maximum absolute atomic E-state index is 12.2. The second-order valence-electron chi connectivity index (χ2n) is 7.09. The number of nitrogens with one attached hydrogen (secondary N) is 2. The van der Waals surface area contributed by atoms with E-state index in [4.69, 9.17) is 0 Å². The van der Waals surface area contributed by atoms with Crippen molar-refractivity contribution in [1.82, 2.24) is 10.2 Å². The van der Waals surface area contributed by atoms with Crippen LogP contribution in [0.2, 0.25) is 0 Å². The van der Waals surface area contributed by atoms with Crippen LogP contribution in [0.15, 0.2) is 41.1 Å². The fourth-order valence-electron chi connectivity index (χ4n) is 3.23. The van der Waals surface area contributed by atoms with Gasteiger partial charge in [-0.15, -0.1) is 13.2 Å². The van der Waals surface area contributed by atoms with E-state index in [9.17, 15) is 22.8 Å². The van der Waals surface area contributed by atoms with Crippen molar-refractivity contribution in [3.63, 3.8) is 0 Å². The maximum atomic E-state index is 12.2. The largest absolute Gasteiger partial charge is 0.573 e. The zero-order chi connectivity index (χ0) is 21.6. The van der Waals surface area contributed by atoms with Gasteiger partial charge in [0.25, 0.3) is 0 Å². The molecule has 2 N–H and O–H groups in total. The lowest BCUT2D eigenvalue weighted by Crippen LogP contribution is -2.41. The van der Waals surface area contributed by atoms with E-state index in [1.54, 1.807) is 11.3 Å². The SMILES string of the molecule is O=C(NCC1CCN(Cc2ccsc2)CC1)C(=O)Nc1ccc(OC(F)(F)F)cc1. The van der Waals surface area contributed by atoms with Gasteiger partial charge in [0, 0.05) is 18.8 Å². The summed E-state index contributed by atoms with van der Waals surface area (Å²) in [7, 11) is 0. The molecule has 2 aromatic rings. The number of anilines is 1. The second kappa shape index (κ2) is 9.94. The van der Waals surface area contributed by atoms with Crippen LogP contribution >= 0.6 is 11.3 Å². The van der Waals surface area contributed by atoms with Crippen LogP contribution in [0.4, 0.5) is 18.9 Å². The van der Waals surface area contributed by atoms with Crippen molar-refractivity contribution in [3.05, 3.63) is 46.7 Å². The van der Waals surface area contributed by atoms with E-state index in [1.165, 1.54) is 17.7 Å². The lowest BCUT2D eigenvalue weighted by atomic mass is 9.96. The Balaban J connectivity index is 1.37. The Morgan fingerprint density at radius 3 is 2.40 bits per heavy atom. The molecule has 0 atom stereocenters. The minimum atomic E-state index is -4.79. The van der Waals surface area contributed by atoms with Crippen LogP contribution in [0, 0.1) is 5.92 Å². The quantitative estimate of drug-likeness (QED) is 0.672. The van der Waals surface area contributed by atoms with Gasteiger partial charge < -0.3 is 15.4 Å². The number of amides is 2. The van der Waals surface area contributed by atoms with Crippen molar-refractivity contribution in [2.24, 2.45) is 5.92 Å². The number of carbonyl (C=O) groups excluding carboxylic acids is 2. The standard InChI is InChI=1S/C20H22F3N3O3S/c21-20(22,23)29-17-3-1-16(2-4-17)25-19(28)18(27)24-11-14-5-8-26(9-6-14)12-15-7-10-30-13-15/h1-4,7,10,13-14H,5-6,8-9,11-12H2,(H,24,27)(H,25,28). The highest BCUT2D eigenvalue weighted by Crippen LogP contribution is 2.24. The van der Waals surface area contributed by atoms with Crippen molar-refractivity contribution >= 4 is 28.8 Å². The van der Waals surface area contributed by atoms with E-state index in [0.717, 1.165) is 44.6 Å². The monoisotopic (exact) mass is 441 g/mol. The number of likely N-dealkylation sites (tertiary alicyclic amines) is 1. The molecule has 6 nitrogen and oxygen atoms in total. The third kappa shape index (κ3) is 7.03. The molecule has 2 amide bonds. The molecule has 162 valence electrons. The number of hydrogen-bond donors (Lipinski definition) is 2. The Labute approximate surface area is 176 Å². The predicted molar refractivity (Wildman–Crippen MR) is 107 cm³/mol. The third-order valence-corrected chi connectivity index (χ3v) is 5.53. The average molecular weight is 441 g/mol. The molecule has 0 spiro atoms. The first-order valence-electron chi connectivity index (χ1n) is 9.47. The van der Waals surface area contributed by atoms with Crippen molar-refractivity contribution in [2.45, 2.75) is 25.7 Å². The highest BCUT2D eigenvalue weighted by atomic mass is 32.1. The molecule has 30 heavy (non-hydrogen) atoms. The molecule has 3 rings (SSSR count). The minimum absolute atomic E-state index is 0.200. The number of halogens is 3. The van der Waals surface area contributed by atoms with E-state index in [2.05, 4.69) is 37.1 Å². The van der Waals surface area contributed by atoms with Crippen LogP contribution in [-0.2, 0) is 16.1 Å². The average Bonchev–Trinajstić information content (AvgIpc) is 3.20. The highest BCUT2D eigenvalue weighted by molar-refractivity contribution is 7.07. The van der Waals surface area contributed by atoms with Gasteiger partial charge in [0.1, 0.15) is 5.75 Å². The molecule has 1 aliphatic rings. The number of alkyl halides is 3. The van der Waals surface area contributed by atoms with Crippen molar-refractivity contribution in [2.75, 3.05) is 25.0 Å². The van der Waals surface area contributed by atoms with E-state index in [-0.39, 0.29) is 5.69 Å². The van der Waals surface area contributed by atoms with Crippen molar-refractivity contribution in [3.8, 4) is 5.75 Å². The van der Waals surface area contributed by atoms with Gasteiger partial charge in [0.15, 0.2) is 0 Å². The third-order valence-electron chi connectivity index (χ3n) is 4.80. The van der Waals surface area contributed by atoms with Gasteiger partial charge in [0.05, 0.1) is 0 Å². The Morgan fingerprint density at radius 2 is 1.80 bits per heavy atom. The molecule has 0 saturated carbocycles. The summed E-state index contributed by atoms with van der Waals surface area (Å²) >= 11 is 1.68. The molecule has 1 aromatic carbocycles. The lowest BCUT2D eigenvalue weighted by molar-refractivity contribution is -0.274. The molecule has 0 aliphatic carbocycles. The number of nitrogens with zero attached hydrogens (tertiary/aromatic N) is 1. The summed E-state index contributed by atoms with van der Waals surface area (Å²) in [6.07, 6.45) is -2.91. The van der Waals surface area contributed by atoms with E-state index in [0.29, 0.717) is 12.5 Å². The number of hydrogen-bond acceptors (Lipinski definition) is 5. The van der Waals surface area contributed by atoms with Gasteiger partial charge >= 0.3 is 18.2 Å².